The Morgan fingerprint density at radius 1 is 1.27 bits per heavy atom. The fourth-order valence-corrected chi connectivity index (χ4v) is 3.47. The molecule has 1 unspecified atom stereocenters. The van der Waals surface area contributed by atoms with Crippen LogP contribution in [0.4, 0.5) is 0 Å². The van der Waals surface area contributed by atoms with Gasteiger partial charge in [0.25, 0.3) is 5.91 Å². The molecule has 1 amide bonds. The van der Waals surface area contributed by atoms with Gasteiger partial charge >= 0.3 is 0 Å². The minimum Gasteiger partial charge on any atom is -0.497 e. The SMILES string of the molecule is COc1ccc(-n2ccc(C(=O)NC(CN)C3CCCCC3)n2)cc1.Cl. The standard InChI is InChI=1S/C19H26N4O2.ClH/c1-25-16-9-7-15(8-10-16)23-12-11-17(22-23)19(24)21-18(13-20)14-5-3-2-4-6-14;/h7-12,14,18H,2-6,13,20H2,1H3,(H,21,24);1H. The lowest BCUT2D eigenvalue weighted by Gasteiger charge is -2.29. The highest BCUT2D eigenvalue weighted by Gasteiger charge is 2.25. The van der Waals surface area contributed by atoms with Gasteiger partial charge in [0, 0.05) is 18.8 Å². The van der Waals surface area contributed by atoms with Crippen LogP contribution in [0, 0.1) is 5.92 Å². The van der Waals surface area contributed by atoms with E-state index in [0.29, 0.717) is 18.2 Å². The number of aromatic nitrogens is 2. The van der Waals surface area contributed by atoms with Gasteiger partial charge in [-0.3, -0.25) is 4.79 Å². The smallest absolute Gasteiger partial charge is 0.272 e. The van der Waals surface area contributed by atoms with Crippen LogP contribution < -0.4 is 15.8 Å². The van der Waals surface area contributed by atoms with E-state index < -0.39 is 0 Å². The van der Waals surface area contributed by atoms with Gasteiger partial charge in [-0.1, -0.05) is 19.3 Å². The minimum absolute atomic E-state index is 0. The van der Waals surface area contributed by atoms with Crippen molar-refractivity contribution in [1.29, 1.82) is 0 Å². The Bertz CT molecular complexity index is 696. The summed E-state index contributed by atoms with van der Waals surface area (Å²) >= 11 is 0. The second-order valence-electron chi connectivity index (χ2n) is 6.56. The van der Waals surface area contributed by atoms with E-state index in [-0.39, 0.29) is 24.4 Å². The summed E-state index contributed by atoms with van der Waals surface area (Å²) in [5, 5.41) is 7.47. The fourth-order valence-electron chi connectivity index (χ4n) is 3.47. The predicted octanol–water partition coefficient (Wildman–Crippen LogP) is 2.94. The molecule has 2 aromatic rings. The van der Waals surface area contributed by atoms with Gasteiger partial charge in [-0.2, -0.15) is 5.10 Å². The molecule has 0 bridgehead atoms. The van der Waals surface area contributed by atoms with Gasteiger partial charge in [-0.05, 0) is 49.1 Å². The topological polar surface area (TPSA) is 82.2 Å². The molecular weight excluding hydrogens is 352 g/mol. The van der Waals surface area contributed by atoms with Crippen molar-refractivity contribution in [2.45, 2.75) is 38.1 Å². The van der Waals surface area contributed by atoms with E-state index in [1.54, 1.807) is 24.1 Å². The summed E-state index contributed by atoms with van der Waals surface area (Å²) < 4.78 is 6.84. The molecule has 3 N–H and O–H groups in total. The molecule has 7 heteroatoms. The molecule has 26 heavy (non-hydrogen) atoms. The van der Waals surface area contributed by atoms with Crippen LogP contribution in [-0.4, -0.2) is 35.4 Å². The average Bonchev–Trinajstić information content (AvgIpc) is 3.17. The Hall–Kier alpha value is -2.05. The number of hydrogen-bond donors (Lipinski definition) is 2. The maximum atomic E-state index is 12.5. The fraction of sp³-hybridized carbons (Fsp3) is 0.474. The predicted molar refractivity (Wildman–Crippen MR) is 104 cm³/mol. The Labute approximate surface area is 160 Å². The summed E-state index contributed by atoms with van der Waals surface area (Å²) in [5.41, 5.74) is 7.19. The first-order valence-corrected chi connectivity index (χ1v) is 8.92. The van der Waals surface area contributed by atoms with Crippen LogP contribution in [0.3, 0.4) is 0 Å². The third kappa shape index (κ3) is 4.77. The zero-order valence-electron chi connectivity index (χ0n) is 15.1. The molecule has 1 aliphatic carbocycles. The number of carbonyl (C=O) groups excluding carboxylic acids is 1. The number of methoxy groups -OCH3 is 1. The van der Waals surface area contributed by atoms with Crippen LogP contribution >= 0.6 is 12.4 Å². The second kappa shape index (κ2) is 9.59. The highest BCUT2D eigenvalue weighted by Crippen LogP contribution is 2.26. The lowest BCUT2D eigenvalue weighted by molar-refractivity contribution is 0.0910. The zero-order chi connectivity index (χ0) is 17.6. The minimum atomic E-state index is -0.159. The lowest BCUT2D eigenvalue weighted by atomic mass is 9.84. The van der Waals surface area contributed by atoms with Crippen molar-refractivity contribution in [1.82, 2.24) is 15.1 Å². The van der Waals surface area contributed by atoms with Crippen molar-refractivity contribution in [2.24, 2.45) is 11.7 Å². The molecule has 3 rings (SSSR count). The lowest BCUT2D eigenvalue weighted by Crippen LogP contribution is -2.46. The van der Waals surface area contributed by atoms with E-state index >= 15 is 0 Å². The molecule has 1 atom stereocenters. The van der Waals surface area contributed by atoms with Crippen LogP contribution in [0.2, 0.25) is 0 Å². The number of carbonyl (C=O) groups is 1. The van der Waals surface area contributed by atoms with Crippen molar-refractivity contribution in [3.05, 3.63) is 42.2 Å². The Morgan fingerprint density at radius 2 is 1.96 bits per heavy atom. The summed E-state index contributed by atoms with van der Waals surface area (Å²) in [5.74, 6) is 1.10. The molecule has 142 valence electrons. The quantitative estimate of drug-likeness (QED) is 0.809. The number of halogens is 1. The summed E-state index contributed by atoms with van der Waals surface area (Å²) in [6.45, 7) is 0.468. The number of nitrogens with one attached hydrogen (secondary N) is 1. The summed E-state index contributed by atoms with van der Waals surface area (Å²) in [4.78, 5) is 12.5. The Kier molecular flexibility index (Phi) is 7.48. The van der Waals surface area contributed by atoms with E-state index in [1.807, 2.05) is 24.3 Å². The van der Waals surface area contributed by atoms with E-state index in [0.717, 1.165) is 24.3 Å². The molecule has 1 heterocycles. The van der Waals surface area contributed by atoms with E-state index in [4.69, 9.17) is 10.5 Å². The van der Waals surface area contributed by atoms with Gasteiger partial charge < -0.3 is 15.8 Å². The van der Waals surface area contributed by atoms with Crippen LogP contribution in [0.15, 0.2) is 36.5 Å². The van der Waals surface area contributed by atoms with Gasteiger partial charge in [-0.15, -0.1) is 12.4 Å². The van der Waals surface area contributed by atoms with E-state index in [1.165, 1.54) is 19.3 Å². The van der Waals surface area contributed by atoms with Crippen LogP contribution in [0.1, 0.15) is 42.6 Å². The Balaban J connectivity index is 0.00000243. The number of amides is 1. The number of ether oxygens (including phenoxy) is 1. The van der Waals surface area contributed by atoms with Crippen molar-refractivity contribution in [3.63, 3.8) is 0 Å². The first-order valence-electron chi connectivity index (χ1n) is 8.92. The molecule has 1 aliphatic rings. The third-order valence-corrected chi connectivity index (χ3v) is 4.95. The number of nitrogens with zero attached hydrogens (tertiary/aromatic N) is 2. The molecule has 6 nitrogen and oxygen atoms in total. The van der Waals surface area contributed by atoms with Gasteiger partial charge in [0.15, 0.2) is 5.69 Å². The average molecular weight is 379 g/mol. The van der Waals surface area contributed by atoms with Gasteiger partial charge in [0.1, 0.15) is 5.75 Å². The molecule has 0 radical (unpaired) electrons. The van der Waals surface area contributed by atoms with Crippen LogP contribution in [0.5, 0.6) is 5.75 Å². The largest absolute Gasteiger partial charge is 0.497 e. The van der Waals surface area contributed by atoms with Crippen molar-refractivity contribution in [2.75, 3.05) is 13.7 Å². The van der Waals surface area contributed by atoms with Crippen molar-refractivity contribution >= 4 is 18.3 Å². The van der Waals surface area contributed by atoms with Gasteiger partial charge in [0.2, 0.25) is 0 Å². The van der Waals surface area contributed by atoms with Gasteiger partial charge in [-0.25, -0.2) is 4.68 Å². The van der Waals surface area contributed by atoms with Crippen LogP contribution in [0.25, 0.3) is 5.69 Å². The maximum Gasteiger partial charge on any atom is 0.272 e. The molecule has 1 saturated carbocycles. The molecule has 1 fully saturated rings. The number of hydrogen-bond acceptors (Lipinski definition) is 4. The van der Waals surface area contributed by atoms with E-state index in [9.17, 15) is 4.79 Å². The molecule has 0 saturated heterocycles. The highest BCUT2D eigenvalue weighted by molar-refractivity contribution is 5.92. The number of nitrogens with two attached hydrogens (primary N) is 1. The first-order chi connectivity index (χ1) is 12.2. The molecule has 1 aromatic heterocycles. The van der Waals surface area contributed by atoms with Gasteiger partial charge in [0.05, 0.1) is 12.8 Å². The summed E-state index contributed by atoms with van der Waals surface area (Å²) in [7, 11) is 1.63. The van der Waals surface area contributed by atoms with Crippen LogP contribution in [-0.2, 0) is 0 Å². The zero-order valence-corrected chi connectivity index (χ0v) is 15.9. The molecular formula is C19H27ClN4O2. The summed E-state index contributed by atoms with van der Waals surface area (Å²) in [6.07, 6.45) is 7.81. The van der Waals surface area contributed by atoms with E-state index in [2.05, 4.69) is 10.4 Å². The van der Waals surface area contributed by atoms with Crippen molar-refractivity contribution < 1.29 is 9.53 Å². The third-order valence-electron chi connectivity index (χ3n) is 4.95. The van der Waals surface area contributed by atoms with Crippen molar-refractivity contribution in [3.8, 4) is 11.4 Å². The molecule has 0 spiro atoms. The first kappa shape index (κ1) is 20.3. The maximum absolute atomic E-state index is 12.5. The Morgan fingerprint density at radius 3 is 2.58 bits per heavy atom. The molecule has 1 aromatic carbocycles. The summed E-state index contributed by atoms with van der Waals surface area (Å²) in [6, 6.07) is 9.29. The second-order valence-corrected chi connectivity index (χ2v) is 6.56. The number of benzene rings is 1. The number of rotatable bonds is 6. The highest BCUT2D eigenvalue weighted by atomic mass is 35.5. The monoisotopic (exact) mass is 378 g/mol. The normalized spacial score (nSPS) is 15.8. The molecule has 0 aliphatic heterocycles.